The van der Waals surface area contributed by atoms with Crippen molar-refractivity contribution in [1.82, 2.24) is 9.97 Å². The van der Waals surface area contributed by atoms with Gasteiger partial charge in [-0.1, -0.05) is 11.8 Å². The summed E-state index contributed by atoms with van der Waals surface area (Å²) in [6.45, 7) is 2.04. The minimum absolute atomic E-state index is 0.0451. The first-order valence-electron chi connectivity index (χ1n) is 3.99. The first-order valence-corrected chi connectivity index (χ1v) is 4.97. The molecule has 0 N–H and O–H groups in total. The molecule has 0 atom stereocenters. The van der Waals surface area contributed by atoms with Crippen molar-refractivity contribution in [2.45, 2.75) is 11.9 Å². The molecule has 0 saturated heterocycles. The number of esters is 1. The highest BCUT2D eigenvalue weighted by molar-refractivity contribution is 7.99. The van der Waals surface area contributed by atoms with E-state index in [0.29, 0.717) is 6.61 Å². The highest BCUT2D eigenvalue weighted by atomic mass is 32.2. The number of ether oxygens (including phenoxy) is 1. The molecule has 0 aliphatic rings. The molecule has 0 aliphatic heterocycles. The van der Waals surface area contributed by atoms with Crippen LogP contribution in [0.4, 0.5) is 4.39 Å². The molecule has 0 aliphatic carbocycles. The molecule has 4 nitrogen and oxygen atoms in total. The number of hydrogen-bond acceptors (Lipinski definition) is 5. The van der Waals surface area contributed by atoms with Crippen LogP contribution >= 0.6 is 11.8 Å². The number of carbonyl (C=O) groups is 1. The van der Waals surface area contributed by atoms with Crippen LogP contribution in [0.5, 0.6) is 0 Å². The monoisotopic (exact) mass is 216 g/mol. The zero-order valence-electron chi connectivity index (χ0n) is 7.57. The first-order chi connectivity index (χ1) is 6.74. The summed E-state index contributed by atoms with van der Waals surface area (Å²) in [6.07, 6.45) is 2.63. The van der Waals surface area contributed by atoms with Crippen molar-refractivity contribution in [3.05, 3.63) is 18.3 Å². The third-order valence-corrected chi connectivity index (χ3v) is 2.18. The van der Waals surface area contributed by atoms with Gasteiger partial charge in [-0.2, -0.15) is 4.39 Å². The van der Waals surface area contributed by atoms with Crippen molar-refractivity contribution in [3.63, 3.8) is 0 Å². The van der Waals surface area contributed by atoms with Gasteiger partial charge in [0.1, 0.15) is 0 Å². The second kappa shape index (κ2) is 5.54. The van der Waals surface area contributed by atoms with E-state index in [0.717, 1.165) is 11.8 Å². The van der Waals surface area contributed by atoms with Crippen LogP contribution in [0, 0.1) is 5.95 Å². The SMILES string of the molecule is CCOC(=O)CSc1nccnc1F. The Kier molecular flexibility index (Phi) is 4.31. The Bertz CT molecular complexity index is 322. The summed E-state index contributed by atoms with van der Waals surface area (Å²) >= 11 is 0.972. The molecule has 1 rings (SSSR count). The van der Waals surface area contributed by atoms with Gasteiger partial charge in [-0.25, -0.2) is 9.97 Å². The number of hydrogen-bond donors (Lipinski definition) is 0. The van der Waals surface area contributed by atoms with E-state index in [-0.39, 0.29) is 16.7 Å². The summed E-state index contributed by atoms with van der Waals surface area (Å²) in [5.74, 6) is -1.01. The lowest BCUT2D eigenvalue weighted by Crippen LogP contribution is -2.07. The smallest absolute Gasteiger partial charge is 0.316 e. The molecule has 76 valence electrons. The number of aromatic nitrogens is 2. The third-order valence-electron chi connectivity index (χ3n) is 1.25. The van der Waals surface area contributed by atoms with E-state index in [1.807, 2.05) is 0 Å². The Labute approximate surface area is 84.9 Å². The lowest BCUT2D eigenvalue weighted by Gasteiger charge is -2.01. The van der Waals surface area contributed by atoms with Gasteiger partial charge < -0.3 is 4.74 Å². The molecule has 0 bridgehead atoms. The van der Waals surface area contributed by atoms with E-state index in [1.165, 1.54) is 12.4 Å². The Hall–Kier alpha value is -1.17. The summed E-state index contributed by atoms with van der Waals surface area (Å²) in [5.41, 5.74) is 0. The topological polar surface area (TPSA) is 52.1 Å². The van der Waals surface area contributed by atoms with Crippen molar-refractivity contribution in [2.75, 3.05) is 12.4 Å². The molecule has 1 aromatic heterocycles. The fraction of sp³-hybridized carbons (Fsp3) is 0.375. The fourth-order valence-electron chi connectivity index (χ4n) is 0.735. The van der Waals surface area contributed by atoms with Crippen LogP contribution in [0.1, 0.15) is 6.92 Å². The van der Waals surface area contributed by atoms with Crippen LogP contribution in [0.2, 0.25) is 0 Å². The van der Waals surface area contributed by atoms with Crippen molar-refractivity contribution < 1.29 is 13.9 Å². The van der Waals surface area contributed by atoms with Crippen molar-refractivity contribution >= 4 is 17.7 Å². The molecule has 0 aromatic carbocycles. The highest BCUT2D eigenvalue weighted by Crippen LogP contribution is 2.16. The molecule has 0 saturated carbocycles. The summed E-state index contributed by atoms with van der Waals surface area (Å²) in [5, 5.41) is 0.112. The van der Waals surface area contributed by atoms with Crippen LogP contribution < -0.4 is 0 Å². The normalized spacial score (nSPS) is 9.86. The van der Waals surface area contributed by atoms with E-state index >= 15 is 0 Å². The van der Waals surface area contributed by atoms with Crippen LogP contribution in [0.3, 0.4) is 0 Å². The van der Waals surface area contributed by atoms with Gasteiger partial charge in [-0.15, -0.1) is 0 Å². The summed E-state index contributed by atoms with van der Waals surface area (Å²) in [6, 6.07) is 0. The predicted molar refractivity (Wildman–Crippen MR) is 49.3 cm³/mol. The molecular weight excluding hydrogens is 207 g/mol. The molecule has 0 fully saturated rings. The van der Waals surface area contributed by atoms with Crippen molar-refractivity contribution in [1.29, 1.82) is 0 Å². The standard InChI is InChI=1S/C8H9FN2O2S/c1-2-13-6(12)5-14-8-7(9)10-3-4-11-8/h3-4H,2,5H2,1H3. The van der Waals surface area contributed by atoms with Crippen molar-refractivity contribution in [3.8, 4) is 0 Å². The largest absolute Gasteiger partial charge is 0.465 e. The van der Waals surface area contributed by atoms with Gasteiger partial charge in [0.2, 0.25) is 5.95 Å². The average Bonchev–Trinajstić information content (AvgIpc) is 2.17. The Morgan fingerprint density at radius 1 is 1.57 bits per heavy atom. The maximum absolute atomic E-state index is 12.9. The Morgan fingerprint density at radius 3 is 2.93 bits per heavy atom. The van der Waals surface area contributed by atoms with E-state index < -0.39 is 5.95 Å². The number of carbonyl (C=O) groups excluding carboxylic acids is 1. The molecule has 1 heterocycles. The number of rotatable bonds is 4. The molecule has 6 heteroatoms. The van der Waals surface area contributed by atoms with Gasteiger partial charge in [0.15, 0.2) is 5.03 Å². The van der Waals surface area contributed by atoms with Gasteiger partial charge in [0, 0.05) is 12.4 Å². The van der Waals surface area contributed by atoms with Gasteiger partial charge in [-0.05, 0) is 6.92 Å². The van der Waals surface area contributed by atoms with E-state index in [1.54, 1.807) is 6.92 Å². The zero-order chi connectivity index (χ0) is 10.4. The van der Waals surface area contributed by atoms with Crippen molar-refractivity contribution in [2.24, 2.45) is 0 Å². The zero-order valence-corrected chi connectivity index (χ0v) is 8.38. The average molecular weight is 216 g/mol. The summed E-state index contributed by atoms with van der Waals surface area (Å²) in [4.78, 5) is 18.0. The van der Waals surface area contributed by atoms with Gasteiger partial charge in [0.25, 0.3) is 0 Å². The quantitative estimate of drug-likeness (QED) is 0.560. The van der Waals surface area contributed by atoms with Crippen LogP contribution in [0.15, 0.2) is 17.4 Å². The molecular formula is C8H9FN2O2S. The Balaban J connectivity index is 2.46. The first kappa shape index (κ1) is 10.9. The molecule has 0 amide bonds. The van der Waals surface area contributed by atoms with Crippen LogP contribution in [-0.4, -0.2) is 28.3 Å². The molecule has 0 radical (unpaired) electrons. The van der Waals surface area contributed by atoms with Crippen LogP contribution in [0.25, 0.3) is 0 Å². The summed E-state index contributed by atoms with van der Waals surface area (Å²) in [7, 11) is 0. The van der Waals surface area contributed by atoms with Crippen LogP contribution in [-0.2, 0) is 9.53 Å². The fourth-order valence-corrected chi connectivity index (χ4v) is 1.38. The number of halogens is 1. The predicted octanol–water partition coefficient (Wildman–Crippen LogP) is 1.27. The van der Waals surface area contributed by atoms with Gasteiger partial charge in [-0.3, -0.25) is 4.79 Å². The third kappa shape index (κ3) is 3.29. The van der Waals surface area contributed by atoms with E-state index in [2.05, 4.69) is 14.7 Å². The minimum Gasteiger partial charge on any atom is -0.465 e. The minimum atomic E-state index is -0.665. The lowest BCUT2D eigenvalue weighted by atomic mass is 10.7. The summed E-state index contributed by atoms with van der Waals surface area (Å²) < 4.78 is 17.6. The molecule has 14 heavy (non-hydrogen) atoms. The second-order valence-electron chi connectivity index (χ2n) is 2.25. The number of nitrogens with zero attached hydrogens (tertiary/aromatic N) is 2. The molecule has 0 spiro atoms. The number of thioether (sulfide) groups is 1. The highest BCUT2D eigenvalue weighted by Gasteiger charge is 2.08. The van der Waals surface area contributed by atoms with E-state index in [9.17, 15) is 9.18 Å². The van der Waals surface area contributed by atoms with Gasteiger partial charge >= 0.3 is 5.97 Å². The van der Waals surface area contributed by atoms with E-state index in [4.69, 9.17) is 0 Å². The Morgan fingerprint density at radius 2 is 2.29 bits per heavy atom. The lowest BCUT2D eigenvalue weighted by molar-refractivity contribution is -0.139. The van der Waals surface area contributed by atoms with Gasteiger partial charge in [0.05, 0.1) is 12.4 Å². The maximum Gasteiger partial charge on any atom is 0.316 e. The second-order valence-corrected chi connectivity index (χ2v) is 3.21. The molecule has 1 aromatic rings. The molecule has 0 unspecified atom stereocenters. The maximum atomic E-state index is 12.9.